The lowest BCUT2D eigenvalue weighted by Gasteiger charge is -2.09. The van der Waals surface area contributed by atoms with Crippen LogP contribution >= 0.6 is 11.8 Å². The first-order chi connectivity index (χ1) is 8.71. The maximum atomic E-state index is 13.3. The highest BCUT2D eigenvalue weighted by Gasteiger charge is 2.34. The number of thioether (sulfide) groups is 1. The van der Waals surface area contributed by atoms with Gasteiger partial charge in [0, 0.05) is 5.56 Å². The summed E-state index contributed by atoms with van der Waals surface area (Å²) in [7, 11) is 0. The smallest absolute Gasteiger partial charge is 0.293 e. The number of carbonyl (C=O) groups excluding carboxylic acids is 1. The van der Waals surface area contributed by atoms with Gasteiger partial charge in [0.15, 0.2) is 5.78 Å². The van der Waals surface area contributed by atoms with Crippen molar-refractivity contribution >= 4 is 17.5 Å². The summed E-state index contributed by atoms with van der Waals surface area (Å²) in [6.45, 7) is 3.99. The summed E-state index contributed by atoms with van der Waals surface area (Å²) in [4.78, 5) is 11.7. The first-order valence-electron chi connectivity index (χ1n) is 5.69. The van der Waals surface area contributed by atoms with Crippen LogP contribution < -0.4 is 0 Å². The van der Waals surface area contributed by atoms with Crippen molar-refractivity contribution in [1.82, 2.24) is 0 Å². The van der Waals surface area contributed by atoms with Gasteiger partial charge in [0.1, 0.15) is 5.82 Å². The van der Waals surface area contributed by atoms with Crippen LogP contribution in [0.4, 0.5) is 17.6 Å². The number of hydrogen-bond donors (Lipinski definition) is 0. The van der Waals surface area contributed by atoms with E-state index in [2.05, 4.69) is 0 Å². The first-order valence-corrected chi connectivity index (χ1v) is 6.85. The lowest BCUT2D eigenvalue weighted by molar-refractivity contribution is -0.140. The van der Waals surface area contributed by atoms with E-state index in [1.165, 1.54) is 11.8 Å². The van der Waals surface area contributed by atoms with Gasteiger partial charge < -0.3 is 0 Å². The summed E-state index contributed by atoms with van der Waals surface area (Å²) < 4.78 is 50.3. The SMILES string of the molecule is CC(C)CSCC(=O)c1ccc(C(F)(F)F)c(F)c1. The van der Waals surface area contributed by atoms with Crippen LogP contribution in [0.2, 0.25) is 0 Å². The van der Waals surface area contributed by atoms with E-state index in [-0.39, 0.29) is 17.1 Å². The Kier molecular flexibility index (Phi) is 5.40. The van der Waals surface area contributed by atoms with Crippen molar-refractivity contribution in [2.45, 2.75) is 20.0 Å². The molecule has 0 bridgehead atoms. The Bertz CT molecular complexity index is 454. The number of ketones is 1. The molecule has 0 N–H and O–H groups in total. The zero-order valence-electron chi connectivity index (χ0n) is 10.6. The van der Waals surface area contributed by atoms with E-state index in [1.54, 1.807) is 0 Å². The fourth-order valence-corrected chi connectivity index (χ4v) is 2.33. The van der Waals surface area contributed by atoms with Crippen molar-refractivity contribution in [1.29, 1.82) is 0 Å². The van der Waals surface area contributed by atoms with Crippen LogP contribution in [0.15, 0.2) is 18.2 Å². The van der Waals surface area contributed by atoms with Gasteiger partial charge in [-0.2, -0.15) is 24.9 Å². The van der Waals surface area contributed by atoms with Crippen LogP contribution in [-0.2, 0) is 6.18 Å². The normalized spacial score (nSPS) is 11.9. The molecule has 0 heterocycles. The topological polar surface area (TPSA) is 17.1 Å². The number of rotatable bonds is 5. The molecule has 0 saturated carbocycles. The predicted molar refractivity (Wildman–Crippen MR) is 67.9 cm³/mol. The van der Waals surface area contributed by atoms with Crippen molar-refractivity contribution in [2.75, 3.05) is 11.5 Å². The van der Waals surface area contributed by atoms with E-state index in [0.29, 0.717) is 18.1 Å². The third kappa shape index (κ3) is 4.86. The lowest BCUT2D eigenvalue weighted by Crippen LogP contribution is -2.10. The fraction of sp³-hybridized carbons (Fsp3) is 0.462. The Hall–Kier alpha value is -1.04. The molecule has 0 atom stereocenters. The molecule has 0 aliphatic heterocycles. The van der Waals surface area contributed by atoms with Gasteiger partial charge in [-0.05, 0) is 23.8 Å². The molecule has 0 radical (unpaired) electrons. The lowest BCUT2D eigenvalue weighted by atomic mass is 10.1. The van der Waals surface area contributed by atoms with Crippen LogP contribution in [-0.4, -0.2) is 17.3 Å². The van der Waals surface area contributed by atoms with Gasteiger partial charge in [0.05, 0.1) is 11.3 Å². The monoisotopic (exact) mass is 294 g/mol. The van der Waals surface area contributed by atoms with Gasteiger partial charge in [0.25, 0.3) is 0 Å². The van der Waals surface area contributed by atoms with Gasteiger partial charge in [-0.25, -0.2) is 4.39 Å². The van der Waals surface area contributed by atoms with E-state index < -0.39 is 17.6 Å². The summed E-state index contributed by atoms with van der Waals surface area (Å²) in [6.07, 6.45) is -4.74. The van der Waals surface area contributed by atoms with E-state index in [4.69, 9.17) is 0 Å². The molecule has 106 valence electrons. The standard InChI is InChI=1S/C13H14F4OS/c1-8(2)6-19-7-12(18)9-3-4-10(11(14)5-9)13(15,16)17/h3-5,8H,6-7H2,1-2H3. The maximum Gasteiger partial charge on any atom is 0.419 e. The summed E-state index contributed by atoms with van der Waals surface area (Å²) in [5, 5.41) is 0. The number of carbonyl (C=O) groups is 1. The van der Waals surface area contributed by atoms with E-state index in [1.807, 2.05) is 13.8 Å². The van der Waals surface area contributed by atoms with Gasteiger partial charge >= 0.3 is 6.18 Å². The molecule has 0 spiro atoms. The van der Waals surface area contributed by atoms with E-state index >= 15 is 0 Å². The largest absolute Gasteiger partial charge is 0.419 e. The van der Waals surface area contributed by atoms with E-state index in [0.717, 1.165) is 11.8 Å². The Morgan fingerprint density at radius 3 is 2.42 bits per heavy atom. The molecular formula is C13H14F4OS. The van der Waals surface area contributed by atoms with Crippen molar-refractivity contribution in [2.24, 2.45) is 5.92 Å². The van der Waals surface area contributed by atoms with Crippen LogP contribution in [0.25, 0.3) is 0 Å². The van der Waals surface area contributed by atoms with Crippen molar-refractivity contribution in [3.8, 4) is 0 Å². The van der Waals surface area contributed by atoms with Crippen molar-refractivity contribution < 1.29 is 22.4 Å². The molecule has 0 fully saturated rings. The number of hydrogen-bond acceptors (Lipinski definition) is 2. The zero-order chi connectivity index (χ0) is 14.6. The molecule has 0 aliphatic rings. The fourth-order valence-electron chi connectivity index (χ4n) is 1.39. The van der Waals surface area contributed by atoms with Gasteiger partial charge in [-0.3, -0.25) is 4.79 Å². The average Bonchev–Trinajstić information content (AvgIpc) is 2.26. The number of Topliss-reactive ketones (excluding diaryl/α,β-unsaturated/α-hetero) is 1. The van der Waals surface area contributed by atoms with Gasteiger partial charge in [-0.15, -0.1) is 0 Å². The van der Waals surface area contributed by atoms with Crippen LogP contribution in [0.3, 0.4) is 0 Å². The predicted octanol–water partition coefficient (Wildman–Crippen LogP) is 4.42. The third-order valence-corrected chi connectivity index (χ3v) is 3.65. The summed E-state index contributed by atoms with van der Waals surface area (Å²) in [5.41, 5.74) is -1.37. The molecule has 0 saturated heterocycles. The molecule has 0 unspecified atom stereocenters. The highest BCUT2D eigenvalue weighted by molar-refractivity contribution is 7.99. The van der Waals surface area contributed by atoms with Crippen LogP contribution in [0.5, 0.6) is 0 Å². The second kappa shape index (κ2) is 6.41. The molecular weight excluding hydrogens is 280 g/mol. The molecule has 1 aromatic rings. The van der Waals surface area contributed by atoms with Crippen molar-refractivity contribution in [3.63, 3.8) is 0 Å². The quantitative estimate of drug-likeness (QED) is 0.591. The van der Waals surface area contributed by atoms with E-state index in [9.17, 15) is 22.4 Å². The second-order valence-corrected chi connectivity index (χ2v) is 5.55. The Morgan fingerprint density at radius 2 is 1.95 bits per heavy atom. The minimum Gasteiger partial charge on any atom is -0.293 e. The third-order valence-electron chi connectivity index (χ3n) is 2.28. The van der Waals surface area contributed by atoms with Crippen LogP contribution in [0.1, 0.15) is 29.8 Å². The molecule has 19 heavy (non-hydrogen) atoms. The molecule has 1 rings (SSSR count). The number of alkyl halides is 3. The molecule has 0 aromatic heterocycles. The summed E-state index contributed by atoms with van der Waals surface area (Å²) in [5.74, 6) is -0.440. The summed E-state index contributed by atoms with van der Waals surface area (Å²) in [6, 6.07) is 2.28. The minimum absolute atomic E-state index is 0.0262. The maximum absolute atomic E-state index is 13.3. The molecule has 6 heteroatoms. The van der Waals surface area contributed by atoms with Crippen LogP contribution in [0, 0.1) is 11.7 Å². The first kappa shape index (κ1) is 16.0. The van der Waals surface area contributed by atoms with Gasteiger partial charge in [-0.1, -0.05) is 19.9 Å². The molecule has 0 aliphatic carbocycles. The molecule has 1 nitrogen and oxygen atoms in total. The number of halogens is 4. The number of benzene rings is 1. The van der Waals surface area contributed by atoms with Gasteiger partial charge in [0.2, 0.25) is 0 Å². The highest BCUT2D eigenvalue weighted by atomic mass is 32.2. The Labute approximate surface area is 113 Å². The summed E-state index contributed by atoms with van der Waals surface area (Å²) >= 11 is 1.39. The Morgan fingerprint density at radius 1 is 1.32 bits per heavy atom. The van der Waals surface area contributed by atoms with Crippen molar-refractivity contribution in [3.05, 3.63) is 35.1 Å². The molecule has 1 aromatic carbocycles. The molecule has 0 amide bonds. The zero-order valence-corrected chi connectivity index (χ0v) is 11.4. The highest BCUT2D eigenvalue weighted by Crippen LogP contribution is 2.31. The Balaban J connectivity index is 2.75. The average molecular weight is 294 g/mol. The second-order valence-electron chi connectivity index (χ2n) is 4.52. The minimum atomic E-state index is -4.74.